The van der Waals surface area contributed by atoms with E-state index in [1.807, 2.05) is 6.07 Å². The van der Waals surface area contributed by atoms with Crippen molar-refractivity contribution in [1.82, 2.24) is 4.98 Å². The summed E-state index contributed by atoms with van der Waals surface area (Å²) in [5, 5.41) is 2.72. The number of carbonyl (C=O) groups is 2. The van der Waals surface area contributed by atoms with Gasteiger partial charge in [-0.1, -0.05) is 12.1 Å². The van der Waals surface area contributed by atoms with Crippen LogP contribution in [0.15, 0.2) is 54.9 Å². The molecule has 0 saturated heterocycles. The number of amides is 1. The monoisotopic (exact) mass is 326 g/mol. The Morgan fingerprint density at radius 1 is 1.25 bits per heavy atom. The van der Waals surface area contributed by atoms with Gasteiger partial charge < -0.3 is 14.8 Å². The molecule has 2 aromatic rings. The Hall–Kier alpha value is -3.15. The van der Waals surface area contributed by atoms with E-state index in [0.717, 1.165) is 5.56 Å². The third-order valence-corrected chi connectivity index (χ3v) is 2.88. The number of benzene rings is 1. The van der Waals surface area contributed by atoms with Gasteiger partial charge in [-0.15, -0.1) is 0 Å². The van der Waals surface area contributed by atoms with Gasteiger partial charge in [0.25, 0.3) is 0 Å². The van der Waals surface area contributed by atoms with Crippen LogP contribution in [0.25, 0.3) is 6.08 Å². The van der Waals surface area contributed by atoms with Crippen molar-refractivity contribution in [3.63, 3.8) is 0 Å². The van der Waals surface area contributed by atoms with Gasteiger partial charge in [-0.05, 0) is 36.8 Å². The fraction of sp³-hybridized carbons (Fsp3) is 0.167. The van der Waals surface area contributed by atoms with Crippen LogP contribution in [0.1, 0.15) is 12.5 Å². The lowest BCUT2D eigenvalue weighted by Crippen LogP contribution is -2.14. The zero-order chi connectivity index (χ0) is 17.2. The number of nitrogens with one attached hydrogen (secondary N) is 1. The minimum atomic E-state index is -0.439. The van der Waals surface area contributed by atoms with Crippen LogP contribution in [-0.2, 0) is 14.3 Å². The van der Waals surface area contributed by atoms with Gasteiger partial charge in [0.1, 0.15) is 5.75 Å². The highest BCUT2D eigenvalue weighted by Crippen LogP contribution is 2.17. The number of anilines is 1. The molecule has 124 valence electrons. The molecule has 1 heterocycles. The zero-order valence-electron chi connectivity index (χ0n) is 13.3. The van der Waals surface area contributed by atoms with Gasteiger partial charge in [0.05, 0.1) is 6.61 Å². The van der Waals surface area contributed by atoms with Crippen LogP contribution < -0.4 is 10.1 Å². The third kappa shape index (κ3) is 5.92. The molecule has 0 saturated carbocycles. The molecule has 2 rings (SSSR count). The Morgan fingerprint density at radius 2 is 2.12 bits per heavy atom. The molecule has 1 aromatic carbocycles. The van der Waals surface area contributed by atoms with Crippen molar-refractivity contribution in [2.24, 2.45) is 0 Å². The second kappa shape index (κ2) is 9.09. The van der Waals surface area contributed by atoms with Crippen molar-refractivity contribution < 1.29 is 19.1 Å². The molecule has 6 nitrogen and oxygen atoms in total. The molecular weight excluding hydrogens is 308 g/mol. The molecule has 0 atom stereocenters. The lowest BCUT2D eigenvalue weighted by atomic mass is 10.2. The standard InChI is InChI=1S/C18H18N2O4/c1-2-23-18(22)13-24-16-7-3-6-15(11-16)20-17(21)9-8-14-5-4-10-19-12-14/h3-12H,2,13H2,1H3,(H,20,21)/b9-8+. The van der Waals surface area contributed by atoms with E-state index in [0.29, 0.717) is 18.0 Å². The summed E-state index contributed by atoms with van der Waals surface area (Å²) in [6.07, 6.45) is 6.42. The molecule has 0 bridgehead atoms. The van der Waals surface area contributed by atoms with E-state index < -0.39 is 5.97 Å². The molecule has 24 heavy (non-hydrogen) atoms. The minimum Gasteiger partial charge on any atom is -0.482 e. The molecule has 6 heteroatoms. The van der Waals surface area contributed by atoms with Crippen molar-refractivity contribution in [1.29, 1.82) is 0 Å². The fourth-order valence-corrected chi connectivity index (χ4v) is 1.84. The van der Waals surface area contributed by atoms with Crippen LogP contribution in [0.2, 0.25) is 0 Å². The highest BCUT2D eigenvalue weighted by molar-refractivity contribution is 6.01. The number of ether oxygens (including phenoxy) is 2. The SMILES string of the molecule is CCOC(=O)COc1cccc(NC(=O)/C=C/c2cccnc2)c1. The predicted octanol–water partition coefficient (Wildman–Crippen LogP) is 2.68. The second-order valence-electron chi connectivity index (χ2n) is 4.73. The van der Waals surface area contributed by atoms with Crippen molar-refractivity contribution >= 4 is 23.6 Å². The number of esters is 1. The number of aromatic nitrogens is 1. The molecule has 0 aliphatic rings. The molecule has 0 fully saturated rings. The molecule has 0 unspecified atom stereocenters. The Kier molecular flexibility index (Phi) is 6.52. The van der Waals surface area contributed by atoms with Crippen LogP contribution in [0.3, 0.4) is 0 Å². The van der Waals surface area contributed by atoms with E-state index in [-0.39, 0.29) is 12.5 Å². The molecule has 0 spiro atoms. The number of rotatable bonds is 7. The summed E-state index contributed by atoms with van der Waals surface area (Å²) in [7, 11) is 0. The summed E-state index contributed by atoms with van der Waals surface area (Å²) in [6.45, 7) is 1.86. The summed E-state index contributed by atoms with van der Waals surface area (Å²) in [4.78, 5) is 27.2. The lowest BCUT2D eigenvalue weighted by Gasteiger charge is -2.08. The maximum absolute atomic E-state index is 11.9. The van der Waals surface area contributed by atoms with E-state index in [9.17, 15) is 9.59 Å². The Balaban J connectivity index is 1.90. The van der Waals surface area contributed by atoms with Crippen molar-refractivity contribution in [2.45, 2.75) is 6.92 Å². The third-order valence-electron chi connectivity index (χ3n) is 2.88. The first-order valence-electron chi connectivity index (χ1n) is 7.45. The van der Waals surface area contributed by atoms with Crippen molar-refractivity contribution in [3.8, 4) is 5.75 Å². The van der Waals surface area contributed by atoms with Gasteiger partial charge in [0.2, 0.25) is 5.91 Å². The van der Waals surface area contributed by atoms with E-state index >= 15 is 0 Å². The number of carbonyl (C=O) groups excluding carboxylic acids is 2. The van der Waals surface area contributed by atoms with Gasteiger partial charge >= 0.3 is 5.97 Å². The fourth-order valence-electron chi connectivity index (χ4n) is 1.84. The van der Waals surface area contributed by atoms with Crippen LogP contribution in [0, 0.1) is 0 Å². The summed E-state index contributed by atoms with van der Waals surface area (Å²) < 4.78 is 10.1. The molecule has 1 N–H and O–H groups in total. The maximum Gasteiger partial charge on any atom is 0.344 e. The van der Waals surface area contributed by atoms with Crippen LogP contribution >= 0.6 is 0 Å². The van der Waals surface area contributed by atoms with Crippen molar-refractivity contribution in [3.05, 3.63) is 60.4 Å². The average Bonchev–Trinajstić information content (AvgIpc) is 2.60. The smallest absolute Gasteiger partial charge is 0.344 e. The highest BCUT2D eigenvalue weighted by Gasteiger charge is 2.04. The largest absolute Gasteiger partial charge is 0.482 e. The summed E-state index contributed by atoms with van der Waals surface area (Å²) >= 11 is 0. The first-order chi connectivity index (χ1) is 11.7. The summed E-state index contributed by atoms with van der Waals surface area (Å²) in [5.41, 5.74) is 1.40. The lowest BCUT2D eigenvalue weighted by molar-refractivity contribution is -0.145. The number of hydrogen-bond donors (Lipinski definition) is 1. The molecule has 1 amide bonds. The van der Waals surface area contributed by atoms with E-state index in [2.05, 4.69) is 10.3 Å². The van der Waals surface area contributed by atoms with E-state index in [4.69, 9.17) is 9.47 Å². The Bertz CT molecular complexity index is 714. The molecule has 0 aliphatic heterocycles. The van der Waals surface area contributed by atoms with E-state index in [1.54, 1.807) is 55.7 Å². The Morgan fingerprint density at radius 3 is 2.88 bits per heavy atom. The van der Waals surface area contributed by atoms with E-state index in [1.165, 1.54) is 6.08 Å². The topological polar surface area (TPSA) is 77.5 Å². The normalized spacial score (nSPS) is 10.4. The summed E-state index contributed by atoms with van der Waals surface area (Å²) in [5.74, 6) is -0.246. The minimum absolute atomic E-state index is 0.174. The van der Waals surface area contributed by atoms with Gasteiger partial charge in [0.15, 0.2) is 6.61 Å². The average molecular weight is 326 g/mol. The molecule has 0 aliphatic carbocycles. The second-order valence-corrected chi connectivity index (χ2v) is 4.73. The summed E-state index contributed by atoms with van der Waals surface area (Å²) in [6, 6.07) is 10.4. The molecule has 1 aromatic heterocycles. The predicted molar refractivity (Wildman–Crippen MR) is 90.5 cm³/mol. The first-order valence-corrected chi connectivity index (χ1v) is 7.45. The number of pyridine rings is 1. The Labute approximate surface area is 140 Å². The van der Waals surface area contributed by atoms with Gasteiger partial charge in [-0.25, -0.2) is 4.79 Å². The molecular formula is C18H18N2O4. The zero-order valence-corrected chi connectivity index (χ0v) is 13.3. The van der Waals surface area contributed by atoms with Gasteiger partial charge in [-0.3, -0.25) is 9.78 Å². The number of nitrogens with zero attached hydrogens (tertiary/aromatic N) is 1. The van der Waals surface area contributed by atoms with Crippen LogP contribution in [0.5, 0.6) is 5.75 Å². The van der Waals surface area contributed by atoms with Crippen LogP contribution in [-0.4, -0.2) is 30.1 Å². The van der Waals surface area contributed by atoms with Gasteiger partial charge in [0, 0.05) is 30.2 Å². The first kappa shape index (κ1) is 17.2. The molecule has 0 radical (unpaired) electrons. The van der Waals surface area contributed by atoms with Gasteiger partial charge in [-0.2, -0.15) is 0 Å². The maximum atomic E-state index is 11.9. The van der Waals surface area contributed by atoms with Crippen molar-refractivity contribution in [2.75, 3.05) is 18.5 Å². The quantitative estimate of drug-likeness (QED) is 0.625. The highest BCUT2D eigenvalue weighted by atomic mass is 16.6. The number of hydrogen-bond acceptors (Lipinski definition) is 5. The van der Waals surface area contributed by atoms with Crippen LogP contribution in [0.4, 0.5) is 5.69 Å².